The van der Waals surface area contributed by atoms with E-state index in [4.69, 9.17) is 14.5 Å². The van der Waals surface area contributed by atoms with Crippen molar-refractivity contribution in [1.29, 1.82) is 0 Å². The Morgan fingerprint density at radius 2 is 1.88 bits per heavy atom. The fourth-order valence-corrected chi connectivity index (χ4v) is 4.85. The molecule has 7 heteroatoms. The fraction of sp³-hybridized carbons (Fsp3) is 0.360. The average molecular weight is 452 g/mol. The summed E-state index contributed by atoms with van der Waals surface area (Å²) >= 11 is 1.47. The monoisotopic (exact) mass is 451 g/mol. The molecule has 0 radical (unpaired) electrons. The third kappa shape index (κ3) is 5.11. The van der Waals surface area contributed by atoms with Gasteiger partial charge < -0.3 is 14.4 Å². The smallest absolute Gasteiger partial charge is 0.260 e. The number of amides is 1. The Kier molecular flexibility index (Phi) is 7.39. The molecule has 0 bridgehead atoms. The molecule has 1 aliphatic rings. The molecule has 1 aromatic heterocycles. The zero-order valence-electron chi connectivity index (χ0n) is 18.6. The van der Waals surface area contributed by atoms with E-state index >= 15 is 0 Å². The van der Waals surface area contributed by atoms with E-state index < -0.39 is 0 Å². The fourth-order valence-electron chi connectivity index (χ4n) is 4.01. The lowest BCUT2D eigenvalue weighted by Crippen LogP contribution is -2.34. The number of aromatic nitrogens is 1. The van der Waals surface area contributed by atoms with E-state index in [1.165, 1.54) is 24.2 Å². The van der Waals surface area contributed by atoms with Crippen molar-refractivity contribution in [2.75, 3.05) is 45.3 Å². The van der Waals surface area contributed by atoms with E-state index in [-0.39, 0.29) is 5.91 Å². The molecular weight excluding hydrogens is 422 g/mol. The van der Waals surface area contributed by atoms with E-state index in [9.17, 15) is 4.79 Å². The van der Waals surface area contributed by atoms with Crippen LogP contribution in [-0.4, -0.2) is 56.2 Å². The number of hydrogen-bond acceptors (Lipinski definition) is 6. The van der Waals surface area contributed by atoms with Crippen molar-refractivity contribution in [3.63, 3.8) is 0 Å². The van der Waals surface area contributed by atoms with Crippen molar-refractivity contribution in [3.05, 3.63) is 59.5 Å². The summed E-state index contributed by atoms with van der Waals surface area (Å²) in [4.78, 5) is 22.5. The minimum absolute atomic E-state index is 0.0227. The zero-order valence-corrected chi connectivity index (χ0v) is 19.4. The molecule has 1 fully saturated rings. The predicted octanol–water partition coefficient (Wildman–Crippen LogP) is 4.96. The third-order valence-electron chi connectivity index (χ3n) is 5.73. The lowest BCUT2D eigenvalue weighted by atomic mass is 10.1. The van der Waals surface area contributed by atoms with Gasteiger partial charge in [0.2, 0.25) is 0 Å². The van der Waals surface area contributed by atoms with Gasteiger partial charge in [0, 0.05) is 23.1 Å². The van der Waals surface area contributed by atoms with Gasteiger partial charge >= 0.3 is 0 Å². The molecule has 32 heavy (non-hydrogen) atoms. The highest BCUT2D eigenvalue weighted by atomic mass is 32.1. The summed E-state index contributed by atoms with van der Waals surface area (Å²) in [7, 11) is 3.28. The van der Waals surface area contributed by atoms with Crippen molar-refractivity contribution in [3.8, 4) is 22.8 Å². The first-order chi connectivity index (χ1) is 15.7. The maximum atomic E-state index is 13.4. The van der Waals surface area contributed by atoms with E-state index in [0.717, 1.165) is 48.8 Å². The topological polar surface area (TPSA) is 54.9 Å². The molecule has 0 atom stereocenters. The molecule has 1 saturated heterocycles. The number of ether oxygens (including phenoxy) is 2. The number of thiazole rings is 1. The molecule has 4 rings (SSSR count). The van der Waals surface area contributed by atoms with Crippen LogP contribution < -0.4 is 14.4 Å². The molecule has 6 nitrogen and oxygen atoms in total. The lowest BCUT2D eigenvalue weighted by molar-refractivity contribution is 0.0986. The summed E-state index contributed by atoms with van der Waals surface area (Å²) < 4.78 is 10.9. The molecule has 168 valence electrons. The maximum absolute atomic E-state index is 13.4. The largest absolute Gasteiger partial charge is 0.497 e. The van der Waals surface area contributed by atoms with Crippen molar-refractivity contribution >= 4 is 22.4 Å². The molecule has 1 amide bonds. The first kappa shape index (κ1) is 22.3. The molecule has 0 N–H and O–H groups in total. The van der Waals surface area contributed by atoms with Crippen LogP contribution in [0.2, 0.25) is 0 Å². The van der Waals surface area contributed by atoms with Gasteiger partial charge in [-0.25, -0.2) is 4.98 Å². The normalized spacial score (nSPS) is 13.8. The Bertz CT molecular complexity index is 1030. The molecule has 3 aromatic rings. The van der Waals surface area contributed by atoms with Crippen molar-refractivity contribution < 1.29 is 14.3 Å². The molecule has 0 spiro atoms. The summed E-state index contributed by atoms with van der Waals surface area (Å²) in [6, 6.07) is 15.1. The van der Waals surface area contributed by atoms with Gasteiger partial charge in [-0.05, 0) is 69.2 Å². The van der Waals surface area contributed by atoms with Gasteiger partial charge in [0.15, 0.2) is 5.13 Å². The second-order valence-corrected chi connectivity index (χ2v) is 8.64. The van der Waals surface area contributed by atoms with Crippen LogP contribution in [0.5, 0.6) is 11.5 Å². The van der Waals surface area contributed by atoms with Crippen LogP contribution in [0.25, 0.3) is 11.3 Å². The highest BCUT2D eigenvalue weighted by Gasteiger charge is 2.22. The third-order valence-corrected chi connectivity index (χ3v) is 6.59. The van der Waals surface area contributed by atoms with Crippen LogP contribution in [0.4, 0.5) is 5.13 Å². The first-order valence-electron chi connectivity index (χ1n) is 11.0. The first-order valence-corrected chi connectivity index (χ1v) is 11.8. The number of carbonyl (C=O) groups excluding carboxylic acids is 1. The highest BCUT2D eigenvalue weighted by molar-refractivity contribution is 7.14. The highest BCUT2D eigenvalue weighted by Crippen LogP contribution is 2.36. The summed E-state index contributed by atoms with van der Waals surface area (Å²) in [5.41, 5.74) is 2.29. The Balaban J connectivity index is 1.60. The van der Waals surface area contributed by atoms with Crippen LogP contribution in [-0.2, 0) is 0 Å². The van der Waals surface area contributed by atoms with Gasteiger partial charge in [0.1, 0.15) is 11.5 Å². The second kappa shape index (κ2) is 10.6. The average Bonchev–Trinajstić information content (AvgIpc) is 3.54. The van der Waals surface area contributed by atoms with Crippen molar-refractivity contribution in [2.24, 2.45) is 0 Å². The van der Waals surface area contributed by atoms with Gasteiger partial charge in [-0.3, -0.25) is 9.69 Å². The van der Waals surface area contributed by atoms with Crippen molar-refractivity contribution in [1.82, 2.24) is 9.88 Å². The van der Waals surface area contributed by atoms with Gasteiger partial charge in [-0.15, -0.1) is 11.3 Å². The molecular formula is C25H29N3O3S. The van der Waals surface area contributed by atoms with Crippen LogP contribution in [0, 0.1) is 0 Å². The minimum Gasteiger partial charge on any atom is -0.497 e. The van der Waals surface area contributed by atoms with Crippen LogP contribution >= 0.6 is 11.3 Å². The maximum Gasteiger partial charge on any atom is 0.260 e. The summed E-state index contributed by atoms with van der Waals surface area (Å²) in [5.74, 6) is 1.43. The zero-order chi connectivity index (χ0) is 22.3. The molecule has 1 aliphatic heterocycles. The van der Waals surface area contributed by atoms with Gasteiger partial charge in [-0.1, -0.05) is 18.2 Å². The quantitative estimate of drug-likeness (QED) is 0.460. The molecule has 0 saturated carbocycles. The number of rotatable bonds is 9. The number of carbonyl (C=O) groups is 1. The van der Waals surface area contributed by atoms with Gasteiger partial charge in [0.05, 0.1) is 19.9 Å². The van der Waals surface area contributed by atoms with E-state index in [1.54, 1.807) is 14.2 Å². The summed E-state index contributed by atoms with van der Waals surface area (Å²) in [6.45, 7) is 3.94. The lowest BCUT2D eigenvalue weighted by Gasteiger charge is -2.22. The number of methoxy groups -OCH3 is 2. The Hall–Kier alpha value is -2.90. The van der Waals surface area contributed by atoms with Gasteiger partial charge in [0.25, 0.3) is 5.91 Å². The molecule has 0 aliphatic carbocycles. The van der Waals surface area contributed by atoms with Crippen LogP contribution in [0.15, 0.2) is 53.9 Å². The number of likely N-dealkylation sites (tertiary alicyclic amines) is 1. The van der Waals surface area contributed by atoms with Gasteiger partial charge in [-0.2, -0.15) is 0 Å². The van der Waals surface area contributed by atoms with E-state index in [1.807, 2.05) is 58.8 Å². The Labute approximate surface area is 193 Å². The number of anilines is 1. The van der Waals surface area contributed by atoms with Crippen LogP contribution in [0.1, 0.15) is 29.6 Å². The number of nitrogens with zero attached hydrogens (tertiary/aromatic N) is 3. The minimum atomic E-state index is -0.0227. The standard InChI is InChI=1S/C25H29N3O3S/c1-30-20-11-12-23(31-2)21(17-20)22-18-32-25(26-22)28(16-8-15-27-13-6-7-14-27)24(29)19-9-4-3-5-10-19/h3-5,9-12,17-18H,6-8,13-16H2,1-2H3. The predicted molar refractivity (Wildman–Crippen MR) is 129 cm³/mol. The number of hydrogen-bond donors (Lipinski definition) is 0. The van der Waals surface area contributed by atoms with Crippen LogP contribution in [0.3, 0.4) is 0 Å². The van der Waals surface area contributed by atoms with E-state index in [2.05, 4.69) is 4.90 Å². The molecule has 2 heterocycles. The number of benzene rings is 2. The van der Waals surface area contributed by atoms with Crippen molar-refractivity contribution in [2.45, 2.75) is 19.3 Å². The second-order valence-electron chi connectivity index (χ2n) is 7.81. The Morgan fingerprint density at radius 3 is 2.59 bits per heavy atom. The van der Waals surface area contributed by atoms with E-state index in [0.29, 0.717) is 17.2 Å². The SMILES string of the molecule is COc1ccc(OC)c(-c2csc(N(CCCN3CCCC3)C(=O)c3ccccc3)n2)c1. The molecule has 2 aromatic carbocycles. The summed E-state index contributed by atoms with van der Waals surface area (Å²) in [6.07, 6.45) is 3.45. The summed E-state index contributed by atoms with van der Waals surface area (Å²) in [5, 5.41) is 2.67. The Morgan fingerprint density at radius 1 is 1.09 bits per heavy atom. The molecule has 0 unspecified atom stereocenters.